The van der Waals surface area contributed by atoms with E-state index in [4.69, 9.17) is 4.74 Å². The fourth-order valence-corrected chi connectivity index (χ4v) is 7.08. The minimum Gasteiger partial charge on any atom is -0.450 e. The number of nitrogens with zero attached hydrogens (tertiary/aromatic N) is 3. The van der Waals surface area contributed by atoms with Gasteiger partial charge in [0, 0.05) is 42.3 Å². The van der Waals surface area contributed by atoms with E-state index in [0.29, 0.717) is 25.1 Å². The summed E-state index contributed by atoms with van der Waals surface area (Å²) in [6, 6.07) is 5.55. The fourth-order valence-electron chi connectivity index (χ4n) is 7.08. The van der Waals surface area contributed by atoms with Gasteiger partial charge in [-0.2, -0.15) is 0 Å². The highest BCUT2D eigenvalue weighted by atomic mass is 19.1. The van der Waals surface area contributed by atoms with Crippen molar-refractivity contribution in [2.75, 3.05) is 37.7 Å². The van der Waals surface area contributed by atoms with Crippen LogP contribution in [0, 0.1) is 11.7 Å². The van der Waals surface area contributed by atoms with Crippen molar-refractivity contribution in [1.82, 2.24) is 15.1 Å². The Balaban J connectivity index is 1.28. The van der Waals surface area contributed by atoms with E-state index < -0.39 is 0 Å². The summed E-state index contributed by atoms with van der Waals surface area (Å²) in [6.07, 6.45) is 6.01. The molecule has 4 aliphatic rings. The summed E-state index contributed by atoms with van der Waals surface area (Å²) in [5.41, 5.74) is 1.62. The quantitative estimate of drug-likeness (QED) is 0.684. The molecule has 35 heavy (non-hydrogen) atoms. The highest BCUT2D eigenvalue weighted by Gasteiger charge is 2.49. The number of fused-ring (bicyclic) bond motifs is 3. The Morgan fingerprint density at radius 3 is 2.69 bits per heavy atom. The molecule has 1 saturated carbocycles. The van der Waals surface area contributed by atoms with Gasteiger partial charge in [0.05, 0.1) is 6.61 Å². The lowest BCUT2D eigenvalue weighted by atomic mass is 9.74. The number of benzene rings is 1. The standard InChI is InChI=1S/C27H39FN4O3/c1-4-35-26(34)31-11-5-6-19-14-21(16-24(19)31)30-12-9-27(10-13-30)17-32(25(33)29-18(2)3)23-8-7-20(28)15-22(23)27/h7-8,15,18-19,21,24H,4-6,9-14,16-17H2,1-3H3,(H,29,33). The molecule has 192 valence electrons. The van der Waals surface area contributed by atoms with E-state index in [1.165, 1.54) is 12.5 Å². The number of hydrogen-bond donors (Lipinski definition) is 1. The number of carbonyl (C=O) groups is 2. The topological polar surface area (TPSA) is 65.1 Å². The largest absolute Gasteiger partial charge is 0.450 e. The molecule has 3 atom stereocenters. The molecule has 1 aromatic carbocycles. The van der Waals surface area contributed by atoms with Crippen LogP contribution in [0.5, 0.6) is 0 Å². The van der Waals surface area contributed by atoms with Crippen molar-refractivity contribution in [3.63, 3.8) is 0 Å². The van der Waals surface area contributed by atoms with Gasteiger partial charge < -0.3 is 19.9 Å². The Kier molecular flexibility index (Phi) is 6.68. The van der Waals surface area contributed by atoms with Crippen LogP contribution in [-0.4, -0.2) is 72.8 Å². The number of piperidine rings is 2. The second-order valence-corrected chi connectivity index (χ2v) is 11.2. The van der Waals surface area contributed by atoms with Gasteiger partial charge in [0.25, 0.3) is 0 Å². The maximum atomic E-state index is 14.3. The summed E-state index contributed by atoms with van der Waals surface area (Å²) in [6.45, 7) is 9.45. The Hall–Kier alpha value is -2.35. The van der Waals surface area contributed by atoms with Crippen molar-refractivity contribution >= 4 is 17.8 Å². The third-order valence-electron chi connectivity index (χ3n) is 8.72. The van der Waals surface area contributed by atoms with Crippen LogP contribution >= 0.6 is 0 Å². The van der Waals surface area contributed by atoms with Gasteiger partial charge in [0.2, 0.25) is 0 Å². The SMILES string of the molecule is CCOC(=O)N1CCCC2CC(N3CCC4(CC3)CN(C(=O)NC(C)C)c3ccc(F)cc34)CC21. The number of amides is 3. The van der Waals surface area contributed by atoms with Gasteiger partial charge in [-0.05, 0) is 102 Å². The molecule has 0 aromatic heterocycles. The number of ether oxygens (including phenoxy) is 1. The first-order valence-corrected chi connectivity index (χ1v) is 13.4. The predicted molar refractivity (Wildman–Crippen MR) is 133 cm³/mol. The summed E-state index contributed by atoms with van der Waals surface area (Å²) in [5, 5.41) is 3.01. The van der Waals surface area contributed by atoms with Gasteiger partial charge >= 0.3 is 12.1 Å². The number of anilines is 1. The van der Waals surface area contributed by atoms with Gasteiger partial charge in [-0.3, -0.25) is 4.90 Å². The van der Waals surface area contributed by atoms with Crippen LogP contribution in [0.3, 0.4) is 0 Å². The number of likely N-dealkylation sites (tertiary alicyclic amines) is 2. The van der Waals surface area contributed by atoms with Crippen LogP contribution in [0.4, 0.5) is 19.7 Å². The van der Waals surface area contributed by atoms with Crippen molar-refractivity contribution in [3.8, 4) is 0 Å². The summed E-state index contributed by atoms with van der Waals surface area (Å²) in [4.78, 5) is 31.8. The molecule has 1 N–H and O–H groups in total. The minimum atomic E-state index is -0.240. The highest BCUT2D eigenvalue weighted by Crippen LogP contribution is 2.49. The van der Waals surface area contributed by atoms with Crippen molar-refractivity contribution in [3.05, 3.63) is 29.6 Å². The maximum Gasteiger partial charge on any atom is 0.410 e. The van der Waals surface area contributed by atoms with Crippen LogP contribution < -0.4 is 10.2 Å². The van der Waals surface area contributed by atoms with E-state index in [2.05, 4.69) is 10.2 Å². The monoisotopic (exact) mass is 486 g/mol. The van der Waals surface area contributed by atoms with Gasteiger partial charge in [-0.25, -0.2) is 14.0 Å². The Morgan fingerprint density at radius 1 is 1.20 bits per heavy atom. The molecule has 7 nitrogen and oxygen atoms in total. The van der Waals surface area contributed by atoms with Crippen LogP contribution in [0.2, 0.25) is 0 Å². The molecule has 3 heterocycles. The molecule has 0 radical (unpaired) electrons. The normalized spacial score (nSPS) is 27.7. The molecule has 3 aliphatic heterocycles. The van der Waals surface area contributed by atoms with E-state index in [1.807, 2.05) is 30.6 Å². The zero-order chi connectivity index (χ0) is 24.7. The fraction of sp³-hybridized carbons (Fsp3) is 0.704. The summed E-state index contributed by atoms with van der Waals surface area (Å²) in [5.74, 6) is 0.307. The summed E-state index contributed by atoms with van der Waals surface area (Å²) >= 11 is 0. The maximum absolute atomic E-state index is 14.3. The van der Waals surface area contributed by atoms with Gasteiger partial charge in [0.1, 0.15) is 5.82 Å². The van der Waals surface area contributed by atoms with Crippen molar-refractivity contribution in [2.24, 2.45) is 5.92 Å². The first-order valence-electron chi connectivity index (χ1n) is 13.4. The number of nitrogens with one attached hydrogen (secondary N) is 1. The van der Waals surface area contributed by atoms with Crippen molar-refractivity contribution < 1.29 is 18.7 Å². The van der Waals surface area contributed by atoms with Crippen molar-refractivity contribution in [2.45, 2.75) is 82.8 Å². The van der Waals surface area contributed by atoms with Crippen LogP contribution in [-0.2, 0) is 10.2 Å². The molecule has 8 heteroatoms. The number of rotatable bonds is 3. The smallest absolute Gasteiger partial charge is 0.410 e. The van der Waals surface area contributed by atoms with Crippen LogP contribution in [0.25, 0.3) is 0 Å². The number of urea groups is 1. The highest BCUT2D eigenvalue weighted by molar-refractivity contribution is 5.95. The van der Waals surface area contributed by atoms with Crippen molar-refractivity contribution in [1.29, 1.82) is 0 Å². The van der Waals surface area contributed by atoms with Crippen LogP contribution in [0.15, 0.2) is 18.2 Å². The average Bonchev–Trinajstić information content (AvgIpc) is 3.39. The van der Waals surface area contributed by atoms with E-state index >= 15 is 0 Å². The van der Waals surface area contributed by atoms with E-state index in [0.717, 1.165) is 63.0 Å². The molecule has 3 amide bonds. The van der Waals surface area contributed by atoms with Gasteiger partial charge in [0.15, 0.2) is 0 Å². The average molecular weight is 487 g/mol. The Bertz CT molecular complexity index is 962. The zero-order valence-electron chi connectivity index (χ0n) is 21.3. The second kappa shape index (κ2) is 9.60. The summed E-state index contributed by atoms with van der Waals surface area (Å²) < 4.78 is 19.7. The lowest BCUT2D eigenvalue weighted by Gasteiger charge is -2.42. The van der Waals surface area contributed by atoms with Gasteiger partial charge in [-0.15, -0.1) is 0 Å². The molecule has 5 rings (SSSR count). The lowest BCUT2D eigenvalue weighted by molar-refractivity contribution is 0.0634. The third-order valence-corrected chi connectivity index (χ3v) is 8.72. The molecule has 3 unspecified atom stereocenters. The molecule has 3 fully saturated rings. The minimum absolute atomic E-state index is 0.0462. The Labute approximate surface area is 208 Å². The Morgan fingerprint density at radius 2 is 1.97 bits per heavy atom. The first-order chi connectivity index (χ1) is 16.8. The zero-order valence-corrected chi connectivity index (χ0v) is 21.3. The molecular weight excluding hydrogens is 447 g/mol. The molecular formula is C27H39FN4O3. The number of halogens is 1. The third kappa shape index (κ3) is 4.50. The predicted octanol–water partition coefficient (Wildman–Crippen LogP) is 4.50. The van der Waals surface area contributed by atoms with E-state index in [9.17, 15) is 14.0 Å². The first kappa shape index (κ1) is 24.3. The van der Waals surface area contributed by atoms with E-state index in [-0.39, 0.29) is 35.4 Å². The molecule has 1 aliphatic carbocycles. The summed E-state index contributed by atoms with van der Waals surface area (Å²) in [7, 11) is 0. The van der Waals surface area contributed by atoms with Crippen LogP contribution in [0.1, 0.15) is 64.9 Å². The number of hydrogen-bond acceptors (Lipinski definition) is 4. The molecule has 1 spiro atoms. The van der Waals surface area contributed by atoms with E-state index in [1.54, 1.807) is 12.1 Å². The molecule has 1 aromatic rings. The lowest BCUT2D eigenvalue weighted by Crippen LogP contribution is -2.50. The number of carbonyl (C=O) groups excluding carboxylic acids is 2. The second-order valence-electron chi connectivity index (χ2n) is 11.2. The molecule has 0 bridgehead atoms. The molecule has 2 saturated heterocycles. The van der Waals surface area contributed by atoms with Gasteiger partial charge in [-0.1, -0.05) is 0 Å².